The van der Waals surface area contributed by atoms with Gasteiger partial charge >= 0.3 is 5.97 Å². The Bertz CT molecular complexity index is 1380. The molecule has 3 fully saturated rings. The third-order valence-electron chi connectivity index (χ3n) is 10.5. The highest BCUT2D eigenvalue weighted by Crippen LogP contribution is 2.42. The van der Waals surface area contributed by atoms with E-state index in [2.05, 4.69) is 0 Å². The van der Waals surface area contributed by atoms with Crippen molar-refractivity contribution in [1.82, 2.24) is 14.9 Å². The van der Waals surface area contributed by atoms with E-state index < -0.39 is 23.5 Å². The first-order valence-electron chi connectivity index (χ1n) is 16.4. The summed E-state index contributed by atoms with van der Waals surface area (Å²) < 4.78 is 23.7. The molecule has 6 rings (SSSR count). The van der Waals surface area contributed by atoms with E-state index in [4.69, 9.17) is 28.9 Å². The van der Waals surface area contributed by atoms with Gasteiger partial charge in [0, 0.05) is 17.4 Å². The molecule has 1 amide bonds. The van der Waals surface area contributed by atoms with Gasteiger partial charge in [0.2, 0.25) is 11.8 Å². The number of rotatable bonds is 4. The number of carbonyl (C=O) groups excluding carboxylic acids is 3. The van der Waals surface area contributed by atoms with E-state index in [1.807, 2.05) is 32.0 Å². The molecule has 4 heterocycles. The zero-order chi connectivity index (χ0) is 30.8. The number of benzene rings is 1. The first kappa shape index (κ1) is 30.7. The maximum atomic E-state index is 14.3. The van der Waals surface area contributed by atoms with Crippen LogP contribution in [0.2, 0.25) is 0 Å². The number of aldehydes is 1. The van der Waals surface area contributed by atoms with Crippen LogP contribution in [-0.4, -0.2) is 78.1 Å². The Morgan fingerprint density at radius 1 is 1.02 bits per heavy atom. The number of fused-ring (bicyclic) bond motifs is 5. The monoisotopic (exact) mass is 607 g/mol. The van der Waals surface area contributed by atoms with Crippen LogP contribution in [0.4, 0.5) is 0 Å². The second-order valence-corrected chi connectivity index (χ2v) is 13.4. The van der Waals surface area contributed by atoms with E-state index in [-0.39, 0.29) is 36.9 Å². The van der Waals surface area contributed by atoms with Crippen LogP contribution in [-0.2, 0) is 30.3 Å². The fraction of sp³-hybridized carbons (Fsp3) is 0.676. The maximum Gasteiger partial charge on any atom is 0.306 e. The second-order valence-electron chi connectivity index (χ2n) is 13.4. The zero-order valence-corrected chi connectivity index (χ0v) is 26.2. The Labute approximate surface area is 259 Å². The topological polar surface area (TPSA) is 117 Å². The van der Waals surface area contributed by atoms with Crippen molar-refractivity contribution in [2.24, 2.45) is 23.2 Å². The predicted octanol–water partition coefficient (Wildman–Crippen LogP) is 4.69. The molecule has 3 aliphatic heterocycles. The molecule has 0 unspecified atom stereocenters. The number of aryl methyl sites for hydroxylation is 1. The van der Waals surface area contributed by atoms with Crippen LogP contribution < -0.4 is 9.47 Å². The predicted molar refractivity (Wildman–Crippen MR) is 162 cm³/mol. The summed E-state index contributed by atoms with van der Waals surface area (Å²) in [7, 11) is 1.62. The molecule has 1 aromatic carbocycles. The highest BCUT2D eigenvalue weighted by atomic mass is 16.5. The SMILES string of the molecule is CC[C@@H]1[C@@H]2CN(C(=O)[C@H](C3(C)COC3)CC(=O)O[C@@H]3CCC[C@H]3CCCCCc3nc4ccc(OC)cc4nc3O2)[C@@H]1C=O. The molecule has 1 saturated carbocycles. The van der Waals surface area contributed by atoms with Crippen LogP contribution in [0.25, 0.3) is 11.0 Å². The lowest BCUT2D eigenvalue weighted by Gasteiger charge is -2.45. The van der Waals surface area contributed by atoms with Gasteiger partial charge in [-0.25, -0.2) is 9.97 Å². The standard InChI is InChI=1S/C34H45N3O7/c1-4-23-28(18-38)37-17-30(23)44-32-26(35-25-14-13-22(41-3)15-27(25)36-32)11-7-5-6-9-21-10-8-12-29(21)43-31(39)16-24(33(37)40)34(2)19-42-20-34/h13-15,18,21,23-24,28-30H,4-12,16-17,19-20H2,1-3H3/t21-,23+,24-,28-,29-,30+/m1/s1. The molecule has 2 saturated heterocycles. The van der Waals surface area contributed by atoms with Crippen molar-refractivity contribution in [2.45, 2.75) is 96.3 Å². The van der Waals surface area contributed by atoms with Crippen LogP contribution in [0.15, 0.2) is 18.2 Å². The normalized spacial score (nSPS) is 31.1. The van der Waals surface area contributed by atoms with Crippen molar-refractivity contribution in [3.05, 3.63) is 23.9 Å². The molecular weight excluding hydrogens is 562 g/mol. The lowest BCUT2D eigenvalue weighted by molar-refractivity contribution is -0.176. The smallest absolute Gasteiger partial charge is 0.306 e. The van der Waals surface area contributed by atoms with Gasteiger partial charge in [-0.15, -0.1) is 0 Å². The molecule has 2 bridgehead atoms. The maximum absolute atomic E-state index is 14.3. The minimum Gasteiger partial charge on any atom is -0.497 e. The molecule has 1 aliphatic carbocycles. The van der Waals surface area contributed by atoms with Crippen molar-refractivity contribution in [3.8, 4) is 11.6 Å². The first-order valence-corrected chi connectivity index (χ1v) is 16.4. The van der Waals surface area contributed by atoms with Gasteiger partial charge in [-0.1, -0.05) is 26.7 Å². The average Bonchev–Trinajstić information content (AvgIpc) is 3.60. The highest BCUT2D eigenvalue weighted by Gasteiger charge is 2.52. The van der Waals surface area contributed by atoms with E-state index in [0.717, 1.165) is 62.4 Å². The van der Waals surface area contributed by atoms with Crippen molar-refractivity contribution >= 4 is 29.2 Å². The number of aromatic nitrogens is 2. The van der Waals surface area contributed by atoms with Gasteiger partial charge in [0.05, 0.1) is 56.3 Å². The molecule has 0 radical (unpaired) electrons. The molecule has 10 heteroatoms. The zero-order valence-electron chi connectivity index (χ0n) is 26.2. The van der Waals surface area contributed by atoms with Gasteiger partial charge in [-0.2, -0.15) is 0 Å². The number of carbonyl (C=O) groups is 3. The fourth-order valence-corrected chi connectivity index (χ4v) is 7.73. The summed E-state index contributed by atoms with van der Waals surface area (Å²) >= 11 is 0. The molecule has 44 heavy (non-hydrogen) atoms. The second kappa shape index (κ2) is 13.0. The Balaban J connectivity index is 1.36. The molecule has 4 aliphatic rings. The lowest BCUT2D eigenvalue weighted by Crippen LogP contribution is -2.54. The summed E-state index contributed by atoms with van der Waals surface area (Å²) in [5.41, 5.74) is 1.72. The number of hydrogen-bond donors (Lipinski definition) is 0. The highest BCUT2D eigenvalue weighted by molar-refractivity contribution is 5.87. The van der Waals surface area contributed by atoms with Crippen LogP contribution in [0.3, 0.4) is 0 Å². The number of amides is 1. The molecule has 238 valence electrons. The fourth-order valence-electron chi connectivity index (χ4n) is 7.73. The van der Waals surface area contributed by atoms with Crippen LogP contribution in [0, 0.1) is 23.2 Å². The Morgan fingerprint density at radius 3 is 2.57 bits per heavy atom. The summed E-state index contributed by atoms with van der Waals surface area (Å²) in [4.78, 5) is 51.8. The molecule has 2 aromatic rings. The summed E-state index contributed by atoms with van der Waals surface area (Å²) in [6.45, 7) is 5.00. The van der Waals surface area contributed by atoms with E-state index in [1.165, 1.54) is 0 Å². The molecule has 10 nitrogen and oxygen atoms in total. The number of nitrogens with zero attached hydrogens (tertiary/aromatic N) is 3. The van der Waals surface area contributed by atoms with Gasteiger partial charge in [0.15, 0.2) is 0 Å². The minimum atomic E-state index is -0.668. The van der Waals surface area contributed by atoms with Gasteiger partial charge in [-0.05, 0) is 63.0 Å². The third kappa shape index (κ3) is 6.02. The molecule has 0 spiro atoms. The molecular formula is C34H45N3O7. The summed E-state index contributed by atoms with van der Waals surface area (Å²) in [5, 5.41) is 0. The van der Waals surface area contributed by atoms with E-state index in [1.54, 1.807) is 12.0 Å². The van der Waals surface area contributed by atoms with Gasteiger partial charge < -0.3 is 28.6 Å². The minimum absolute atomic E-state index is 0.0194. The van der Waals surface area contributed by atoms with Crippen molar-refractivity contribution < 1.29 is 33.3 Å². The van der Waals surface area contributed by atoms with Gasteiger partial charge in [0.1, 0.15) is 29.9 Å². The van der Waals surface area contributed by atoms with Crippen molar-refractivity contribution in [2.75, 3.05) is 26.9 Å². The van der Waals surface area contributed by atoms with Gasteiger partial charge in [0.25, 0.3) is 0 Å². The van der Waals surface area contributed by atoms with Crippen LogP contribution >= 0.6 is 0 Å². The Morgan fingerprint density at radius 2 is 1.84 bits per heavy atom. The number of hydrogen-bond acceptors (Lipinski definition) is 9. The van der Waals surface area contributed by atoms with Crippen LogP contribution in [0.5, 0.6) is 11.6 Å². The van der Waals surface area contributed by atoms with E-state index >= 15 is 0 Å². The van der Waals surface area contributed by atoms with Gasteiger partial charge in [-0.3, -0.25) is 9.59 Å². The van der Waals surface area contributed by atoms with Crippen molar-refractivity contribution in [1.29, 1.82) is 0 Å². The Kier molecular flexibility index (Phi) is 9.08. The first-order chi connectivity index (χ1) is 21.3. The average molecular weight is 608 g/mol. The molecule has 1 aromatic heterocycles. The Hall–Kier alpha value is -3.27. The summed E-state index contributed by atoms with van der Waals surface area (Å²) in [6.07, 6.45) is 8.59. The quantitative estimate of drug-likeness (QED) is 0.360. The molecule has 0 N–H and O–H groups in total. The third-order valence-corrected chi connectivity index (χ3v) is 10.5. The van der Waals surface area contributed by atoms with Crippen LogP contribution in [0.1, 0.15) is 77.3 Å². The number of ether oxygens (including phenoxy) is 4. The largest absolute Gasteiger partial charge is 0.497 e. The van der Waals surface area contributed by atoms with E-state index in [0.29, 0.717) is 49.1 Å². The van der Waals surface area contributed by atoms with E-state index in [9.17, 15) is 14.4 Å². The van der Waals surface area contributed by atoms with Crippen molar-refractivity contribution in [3.63, 3.8) is 0 Å². The summed E-state index contributed by atoms with van der Waals surface area (Å²) in [6, 6.07) is 4.96. The number of esters is 1. The summed E-state index contributed by atoms with van der Waals surface area (Å²) in [5.74, 6) is 0.0461. The lowest BCUT2D eigenvalue weighted by atomic mass is 9.72. The molecule has 6 atom stereocenters. The number of methoxy groups -OCH3 is 1.